The number of aromatic nitrogens is 1. The van der Waals surface area contributed by atoms with Gasteiger partial charge in [0.1, 0.15) is 5.82 Å². The maximum absolute atomic E-state index is 6.44. The van der Waals surface area contributed by atoms with E-state index in [2.05, 4.69) is 15.2 Å². The molecule has 0 spiro atoms. The highest BCUT2D eigenvalue weighted by Gasteiger charge is 2.32. The van der Waals surface area contributed by atoms with E-state index in [9.17, 15) is 0 Å². The van der Waals surface area contributed by atoms with Gasteiger partial charge in [-0.05, 0) is 43.4 Å². The Morgan fingerprint density at radius 1 is 1.30 bits per heavy atom. The van der Waals surface area contributed by atoms with Crippen LogP contribution in [-0.4, -0.2) is 25.1 Å². The first-order valence-corrected chi connectivity index (χ1v) is 8.19. The second-order valence-corrected chi connectivity index (χ2v) is 6.63. The molecular weight excluding hydrogens is 270 g/mol. The van der Waals surface area contributed by atoms with Crippen LogP contribution in [0, 0.1) is 11.8 Å². The zero-order valence-corrected chi connectivity index (χ0v) is 13.0. The summed E-state index contributed by atoms with van der Waals surface area (Å²) in [4.78, 5) is 7.01. The van der Waals surface area contributed by atoms with E-state index in [1.54, 1.807) is 0 Å². The van der Waals surface area contributed by atoms with Crippen LogP contribution >= 0.6 is 11.6 Å². The summed E-state index contributed by atoms with van der Waals surface area (Å²) in [5, 5.41) is 3.93. The average Bonchev–Trinajstić information content (AvgIpc) is 2.47. The number of rotatable bonds is 3. The van der Waals surface area contributed by atoms with Gasteiger partial charge < -0.3 is 10.2 Å². The van der Waals surface area contributed by atoms with Crippen molar-refractivity contribution < 1.29 is 0 Å². The molecular formula is C16H24ClN3. The van der Waals surface area contributed by atoms with Gasteiger partial charge >= 0.3 is 0 Å². The number of anilines is 1. The Hall–Kier alpha value is -0.800. The van der Waals surface area contributed by atoms with E-state index in [-0.39, 0.29) is 0 Å². The fourth-order valence-electron chi connectivity index (χ4n) is 3.80. The summed E-state index contributed by atoms with van der Waals surface area (Å²) in [5.41, 5.74) is 1.15. The Labute approximate surface area is 126 Å². The number of nitrogens with zero attached hydrogens (tertiary/aromatic N) is 2. The van der Waals surface area contributed by atoms with Crippen molar-refractivity contribution >= 4 is 17.4 Å². The Morgan fingerprint density at radius 2 is 2.10 bits per heavy atom. The first-order chi connectivity index (χ1) is 9.78. The van der Waals surface area contributed by atoms with E-state index in [1.807, 2.05) is 19.3 Å². The third-order valence-electron chi connectivity index (χ3n) is 4.85. The van der Waals surface area contributed by atoms with Crippen LogP contribution < -0.4 is 10.2 Å². The first-order valence-electron chi connectivity index (χ1n) is 7.82. The lowest BCUT2D eigenvalue weighted by Crippen LogP contribution is -2.42. The van der Waals surface area contributed by atoms with Crippen molar-refractivity contribution in [1.82, 2.24) is 10.3 Å². The van der Waals surface area contributed by atoms with Crippen LogP contribution in [0.1, 0.15) is 37.7 Å². The van der Waals surface area contributed by atoms with Crippen molar-refractivity contribution in [2.75, 3.05) is 25.0 Å². The Bertz CT molecular complexity index is 463. The number of fused-ring (bicyclic) bond motifs is 1. The van der Waals surface area contributed by atoms with Gasteiger partial charge in [0.25, 0.3) is 0 Å². The molecule has 1 saturated heterocycles. The number of hydrogen-bond acceptors (Lipinski definition) is 3. The molecule has 0 radical (unpaired) electrons. The zero-order valence-electron chi connectivity index (χ0n) is 12.2. The van der Waals surface area contributed by atoms with E-state index < -0.39 is 0 Å². The molecule has 1 aliphatic carbocycles. The number of pyridine rings is 1. The fraction of sp³-hybridized carbons (Fsp3) is 0.688. The first kappa shape index (κ1) is 14.2. The molecule has 2 unspecified atom stereocenters. The van der Waals surface area contributed by atoms with Crippen molar-refractivity contribution in [3.8, 4) is 0 Å². The van der Waals surface area contributed by atoms with E-state index in [1.165, 1.54) is 32.1 Å². The molecule has 1 aromatic heterocycles. The number of hydrogen-bond donors (Lipinski definition) is 1. The summed E-state index contributed by atoms with van der Waals surface area (Å²) in [5.74, 6) is 2.78. The van der Waals surface area contributed by atoms with Crippen LogP contribution in [0.2, 0.25) is 5.02 Å². The minimum absolute atomic E-state index is 0.798. The molecule has 2 aliphatic rings. The van der Waals surface area contributed by atoms with E-state index >= 15 is 0 Å². The summed E-state index contributed by atoms with van der Waals surface area (Å²) in [6.07, 6.45) is 8.90. The lowest BCUT2D eigenvalue weighted by Gasteiger charge is -2.42. The summed E-state index contributed by atoms with van der Waals surface area (Å²) in [6, 6.07) is 2.05. The van der Waals surface area contributed by atoms with Gasteiger partial charge in [0.2, 0.25) is 0 Å². The predicted octanol–water partition coefficient (Wildman–Crippen LogP) is 3.47. The highest BCUT2D eigenvalue weighted by molar-refractivity contribution is 6.33. The van der Waals surface area contributed by atoms with Crippen molar-refractivity contribution in [2.45, 2.75) is 38.6 Å². The molecule has 1 N–H and O–H groups in total. The lowest BCUT2D eigenvalue weighted by molar-refractivity contribution is 0.202. The molecule has 2 atom stereocenters. The Kier molecular flexibility index (Phi) is 4.47. The Morgan fingerprint density at radius 3 is 2.85 bits per heavy atom. The Balaban J connectivity index is 1.72. The zero-order chi connectivity index (χ0) is 13.9. The molecule has 20 heavy (non-hydrogen) atoms. The van der Waals surface area contributed by atoms with Gasteiger partial charge in [0.05, 0.1) is 5.02 Å². The molecule has 110 valence electrons. The van der Waals surface area contributed by atoms with E-state index in [4.69, 9.17) is 11.6 Å². The molecule has 1 aliphatic heterocycles. The van der Waals surface area contributed by atoms with E-state index in [0.29, 0.717) is 0 Å². The quantitative estimate of drug-likeness (QED) is 0.925. The maximum atomic E-state index is 6.44. The third-order valence-corrected chi connectivity index (χ3v) is 5.13. The second kappa shape index (κ2) is 6.31. The fourth-order valence-corrected chi connectivity index (χ4v) is 4.11. The molecule has 0 bridgehead atoms. The number of nitrogens with one attached hydrogen (secondary N) is 1. The number of piperidine rings is 1. The molecule has 3 nitrogen and oxygen atoms in total. The van der Waals surface area contributed by atoms with Gasteiger partial charge in [-0.1, -0.05) is 30.9 Å². The van der Waals surface area contributed by atoms with Crippen LogP contribution in [0.25, 0.3) is 0 Å². The van der Waals surface area contributed by atoms with Crippen molar-refractivity contribution in [2.24, 2.45) is 11.8 Å². The van der Waals surface area contributed by atoms with E-state index in [0.717, 1.165) is 47.9 Å². The van der Waals surface area contributed by atoms with Gasteiger partial charge in [-0.15, -0.1) is 0 Å². The van der Waals surface area contributed by atoms with Crippen molar-refractivity contribution in [1.29, 1.82) is 0 Å². The molecule has 2 heterocycles. The lowest BCUT2D eigenvalue weighted by atomic mass is 9.75. The summed E-state index contributed by atoms with van der Waals surface area (Å²) < 4.78 is 0. The van der Waals surface area contributed by atoms with Crippen molar-refractivity contribution in [3.05, 3.63) is 22.8 Å². The summed E-state index contributed by atoms with van der Waals surface area (Å²) >= 11 is 6.44. The van der Waals surface area contributed by atoms with Crippen LogP contribution in [0.4, 0.5) is 5.82 Å². The molecule has 3 rings (SSSR count). The van der Waals surface area contributed by atoms with Gasteiger partial charge in [-0.3, -0.25) is 0 Å². The van der Waals surface area contributed by atoms with Crippen LogP contribution in [0.15, 0.2) is 12.3 Å². The summed E-state index contributed by atoms with van der Waals surface area (Å²) in [6.45, 7) is 3.07. The van der Waals surface area contributed by atoms with Crippen LogP contribution in [-0.2, 0) is 6.54 Å². The standard InChI is InChI=1S/C16H24ClN3/c1-18-9-12-8-15(17)16(19-10-12)20-7-6-13-4-2-3-5-14(13)11-20/h8,10,13-14,18H,2-7,9,11H2,1H3. The highest BCUT2D eigenvalue weighted by Crippen LogP contribution is 2.38. The topological polar surface area (TPSA) is 28.2 Å². The normalized spacial score (nSPS) is 26.4. The largest absolute Gasteiger partial charge is 0.355 e. The number of halogens is 1. The second-order valence-electron chi connectivity index (χ2n) is 6.22. The average molecular weight is 294 g/mol. The maximum Gasteiger partial charge on any atom is 0.147 e. The molecule has 1 aromatic rings. The predicted molar refractivity (Wildman–Crippen MR) is 84.3 cm³/mol. The van der Waals surface area contributed by atoms with Crippen LogP contribution in [0.3, 0.4) is 0 Å². The molecule has 4 heteroatoms. The monoisotopic (exact) mass is 293 g/mol. The van der Waals surface area contributed by atoms with Gasteiger partial charge in [-0.2, -0.15) is 0 Å². The highest BCUT2D eigenvalue weighted by atomic mass is 35.5. The minimum atomic E-state index is 0.798. The molecule has 1 saturated carbocycles. The smallest absolute Gasteiger partial charge is 0.147 e. The van der Waals surface area contributed by atoms with Gasteiger partial charge in [-0.25, -0.2) is 4.98 Å². The van der Waals surface area contributed by atoms with Gasteiger partial charge in [0, 0.05) is 25.8 Å². The SMILES string of the molecule is CNCc1cnc(N2CCC3CCCCC3C2)c(Cl)c1. The van der Waals surface area contributed by atoms with Gasteiger partial charge in [0.15, 0.2) is 0 Å². The minimum Gasteiger partial charge on any atom is -0.355 e. The third kappa shape index (κ3) is 2.94. The summed E-state index contributed by atoms with van der Waals surface area (Å²) in [7, 11) is 1.94. The van der Waals surface area contributed by atoms with Crippen molar-refractivity contribution in [3.63, 3.8) is 0 Å². The molecule has 0 aromatic carbocycles. The van der Waals surface area contributed by atoms with Crippen LogP contribution in [0.5, 0.6) is 0 Å². The molecule has 2 fully saturated rings. The molecule has 0 amide bonds.